The SMILES string of the molecule is CN(Cc1ccc(F)cc1)C(=O)CN(C)c1ccc2ccccc2c1. The van der Waals surface area contributed by atoms with Crippen molar-refractivity contribution in [2.45, 2.75) is 6.54 Å². The van der Waals surface area contributed by atoms with E-state index in [1.165, 1.54) is 17.5 Å². The van der Waals surface area contributed by atoms with Gasteiger partial charge in [-0.25, -0.2) is 4.39 Å². The Hall–Kier alpha value is -2.88. The largest absolute Gasteiger partial charge is 0.365 e. The number of halogens is 1. The second kappa shape index (κ2) is 7.34. The maximum Gasteiger partial charge on any atom is 0.242 e. The van der Waals surface area contributed by atoms with Crippen molar-refractivity contribution in [1.82, 2.24) is 4.90 Å². The third-order valence-corrected chi connectivity index (χ3v) is 4.31. The van der Waals surface area contributed by atoms with Crippen molar-refractivity contribution in [2.24, 2.45) is 0 Å². The van der Waals surface area contributed by atoms with Gasteiger partial charge in [-0.15, -0.1) is 0 Å². The van der Waals surface area contributed by atoms with Crippen LogP contribution in [0.25, 0.3) is 10.8 Å². The summed E-state index contributed by atoms with van der Waals surface area (Å²) < 4.78 is 13.0. The first-order valence-corrected chi connectivity index (χ1v) is 8.21. The number of likely N-dealkylation sites (N-methyl/N-ethyl adjacent to an activating group) is 2. The molecule has 0 N–H and O–H groups in total. The Labute approximate surface area is 147 Å². The molecule has 0 unspecified atom stereocenters. The van der Waals surface area contributed by atoms with Gasteiger partial charge in [0.2, 0.25) is 5.91 Å². The third kappa shape index (κ3) is 4.15. The molecule has 0 spiro atoms. The van der Waals surface area contributed by atoms with Crippen molar-refractivity contribution in [1.29, 1.82) is 0 Å². The van der Waals surface area contributed by atoms with E-state index in [-0.39, 0.29) is 18.3 Å². The summed E-state index contributed by atoms with van der Waals surface area (Å²) >= 11 is 0. The van der Waals surface area contributed by atoms with E-state index in [1.807, 2.05) is 30.1 Å². The van der Waals surface area contributed by atoms with Gasteiger partial charge in [0.25, 0.3) is 0 Å². The maximum atomic E-state index is 13.0. The summed E-state index contributed by atoms with van der Waals surface area (Å²) in [6.45, 7) is 0.751. The molecule has 0 saturated carbocycles. The van der Waals surface area contributed by atoms with Crippen molar-refractivity contribution >= 4 is 22.4 Å². The molecule has 25 heavy (non-hydrogen) atoms. The van der Waals surface area contributed by atoms with E-state index in [1.54, 1.807) is 24.1 Å². The number of hydrogen-bond donors (Lipinski definition) is 0. The zero-order valence-corrected chi connectivity index (χ0v) is 14.4. The second-order valence-corrected chi connectivity index (χ2v) is 6.26. The Kier molecular flexibility index (Phi) is 4.98. The van der Waals surface area contributed by atoms with Gasteiger partial charge < -0.3 is 9.80 Å². The average molecular weight is 336 g/mol. The van der Waals surface area contributed by atoms with Gasteiger partial charge in [0.15, 0.2) is 0 Å². The number of anilines is 1. The molecule has 0 aliphatic carbocycles. The van der Waals surface area contributed by atoms with Crippen LogP contribution in [0, 0.1) is 5.82 Å². The summed E-state index contributed by atoms with van der Waals surface area (Å²) in [4.78, 5) is 16.1. The van der Waals surface area contributed by atoms with Crippen LogP contribution in [0.15, 0.2) is 66.7 Å². The number of carbonyl (C=O) groups excluding carboxylic acids is 1. The first-order chi connectivity index (χ1) is 12.0. The molecule has 1 amide bonds. The highest BCUT2D eigenvalue weighted by Crippen LogP contribution is 2.21. The predicted octanol–water partition coefficient (Wildman–Crippen LogP) is 4.07. The van der Waals surface area contributed by atoms with Crippen LogP contribution in [0.5, 0.6) is 0 Å². The molecule has 0 aliphatic rings. The predicted molar refractivity (Wildman–Crippen MR) is 100 cm³/mol. The molecule has 0 atom stereocenters. The van der Waals surface area contributed by atoms with Crippen LogP contribution in [-0.4, -0.2) is 31.4 Å². The summed E-state index contributed by atoms with van der Waals surface area (Å²) in [6.07, 6.45) is 0. The fraction of sp³-hybridized carbons (Fsp3) is 0.190. The zero-order valence-electron chi connectivity index (χ0n) is 14.4. The van der Waals surface area contributed by atoms with Crippen LogP contribution in [0.4, 0.5) is 10.1 Å². The van der Waals surface area contributed by atoms with Crippen LogP contribution in [0.3, 0.4) is 0 Å². The lowest BCUT2D eigenvalue weighted by Gasteiger charge is -2.23. The highest BCUT2D eigenvalue weighted by molar-refractivity contribution is 5.87. The topological polar surface area (TPSA) is 23.6 Å². The van der Waals surface area contributed by atoms with Crippen molar-refractivity contribution in [3.63, 3.8) is 0 Å². The smallest absolute Gasteiger partial charge is 0.242 e. The first kappa shape index (κ1) is 17.0. The van der Waals surface area contributed by atoms with Gasteiger partial charge in [-0.05, 0) is 40.6 Å². The number of hydrogen-bond acceptors (Lipinski definition) is 2. The van der Waals surface area contributed by atoms with Gasteiger partial charge in [-0.1, -0.05) is 42.5 Å². The molecule has 0 aromatic heterocycles. The summed E-state index contributed by atoms with van der Waals surface area (Å²) in [7, 11) is 3.67. The number of carbonyl (C=O) groups is 1. The lowest BCUT2D eigenvalue weighted by atomic mass is 10.1. The van der Waals surface area contributed by atoms with Gasteiger partial charge in [0.1, 0.15) is 5.82 Å². The van der Waals surface area contributed by atoms with Gasteiger partial charge in [0.05, 0.1) is 6.54 Å². The third-order valence-electron chi connectivity index (χ3n) is 4.31. The standard InChI is InChI=1S/C21H21FN2O/c1-23(20-12-9-17-5-3-4-6-18(17)13-20)15-21(25)24(2)14-16-7-10-19(22)11-8-16/h3-13H,14-15H2,1-2H3. The Bertz CT molecular complexity index is 876. The molecule has 0 heterocycles. The van der Waals surface area contributed by atoms with E-state index in [2.05, 4.69) is 24.3 Å². The monoisotopic (exact) mass is 336 g/mol. The molecule has 0 fully saturated rings. The fourth-order valence-electron chi connectivity index (χ4n) is 2.78. The lowest BCUT2D eigenvalue weighted by Crippen LogP contribution is -2.36. The quantitative estimate of drug-likeness (QED) is 0.701. The normalized spacial score (nSPS) is 10.7. The summed E-state index contributed by atoms with van der Waals surface area (Å²) in [6, 6.07) is 20.6. The van der Waals surface area contributed by atoms with Crippen LogP contribution in [0.2, 0.25) is 0 Å². The minimum atomic E-state index is -0.270. The maximum absolute atomic E-state index is 13.0. The molecule has 0 saturated heterocycles. The molecule has 3 rings (SSSR count). The van der Waals surface area contributed by atoms with E-state index in [0.717, 1.165) is 16.6 Å². The molecular formula is C21H21FN2O. The van der Waals surface area contributed by atoms with Crippen LogP contribution in [0.1, 0.15) is 5.56 Å². The molecular weight excluding hydrogens is 315 g/mol. The van der Waals surface area contributed by atoms with Gasteiger partial charge in [-0.2, -0.15) is 0 Å². The molecule has 4 heteroatoms. The average Bonchev–Trinajstić information content (AvgIpc) is 2.63. The van der Waals surface area contributed by atoms with Gasteiger partial charge in [0, 0.05) is 26.3 Å². The summed E-state index contributed by atoms with van der Waals surface area (Å²) in [5.74, 6) is -0.256. The summed E-state index contributed by atoms with van der Waals surface area (Å²) in [5, 5.41) is 2.33. The highest BCUT2D eigenvalue weighted by Gasteiger charge is 2.13. The Balaban J connectivity index is 1.65. The summed E-state index contributed by atoms with van der Waals surface area (Å²) in [5.41, 5.74) is 1.91. The van der Waals surface area contributed by atoms with Crippen molar-refractivity contribution in [3.05, 3.63) is 78.1 Å². The number of rotatable bonds is 5. The van der Waals surface area contributed by atoms with Crippen LogP contribution in [-0.2, 0) is 11.3 Å². The molecule has 0 radical (unpaired) electrons. The number of nitrogens with zero attached hydrogens (tertiary/aromatic N) is 2. The van der Waals surface area contributed by atoms with E-state index < -0.39 is 0 Å². The minimum absolute atomic E-state index is 0.0139. The Morgan fingerprint density at radius 1 is 0.920 bits per heavy atom. The lowest BCUT2D eigenvalue weighted by molar-refractivity contribution is -0.128. The zero-order chi connectivity index (χ0) is 17.8. The number of benzene rings is 3. The van der Waals surface area contributed by atoms with E-state index in [9.17, 15) is 9.18 Å². The second-order valence-electron chi connectivity index (χ2n) is 6.26. The first-order valence-electron chi connectivity index (χ1n) is 8.21. The molecule has 0 bridgehead atoms. The minimum Gasteiger partial charge on any atom is -0.365 e. The number of amides is 1. The van der Waals surface area contributed by atoms with Gasteiger partial charge >= 0.3 is 0 Å². The molecule has 3 aromatic carbocycles. The van der Waals surface area contributed by atoms with Crippen molar-refractivity contribution in [3.8, 4) is 0 Å². The van der Waals surface area contributed by atoms with Crippen LogP contribution >= 0.6 is 0 Å². The Morgan fingerprint density at radius 3 is 2.32 bits per heavy atom. The van der Waals surface area contributed by atoms with E-state index >= 15 is 0 Å². The molecule has 0 aliphatic heterocycles. The van der Waals surface area contributed by atoms with E-state index in [4.69, 9.17) is 0 Å². The molecule has 3 aromatic rings. The molecule has 128 valence electrons. The van der Waals surface area contributed by atoms with Crippen molar-refractivity contribution in [2.75, 3.05) is 25.5 Å². The Morgan fingerprint density at radius 2 is 1.60 bits per heavy atom. The van der Waals surface area contributed by atoms with Crippen molar-refractivity contribution < 1.29 is 9.18 Å². The van der Waals surface area contributed by atoms with E-state index in [0.29, 0.717) is 6.54 Å². The molecule has 3 nitrogen and oxygen atoms in total. The highest BCUT2D eigenvalue weighted by atomic mass is 19.1. The van der Waals surface area contributed by atoms with Gasteiger partial charge in [-0.3, -0.25) is 4.79 Å². The fourth-order valence-corrected chi connectivity index (χ4v) is 2.78. The number of fused-ring (bicyclic) bond motifs is 1. The van der Waals surface area contributed by atoms with Crippen LogP contribution < -0.4 is 4.90 Å².